The molecule has 3 atom stereocenters. The van der Waals surface area contributed by atoms with Gasteiger partial charge < -0.3 is 0 Å². The Bertz CT molecular complexity index is 304. The summed E-state index contributed by atoms with van der Waals surface area (Å²) in [7, 11) is 0. The molecule has 3 saturated carbocycles. The zero-order valence-electron chi connectivity index (χ0n) is 17.9. The van der Waals surface area contributed by atoms with Crippen LogP contribution in [0.5, 0.6) is 0 Å². The van der Waals surface area contributed by atoms with Gasteiger partial charge in [0.15, 0.2) is 0 Å². The van der Waals surface area contributed by atoms with Gasteiger partial charge in [-0.05, 0) is 42.4 Å². The molecular formula is C25H48. The van der Waals surface area contributed by atoms with E-state index in [9.17, 15) is 0 Å². The molecular weight excluding hydrogens is 300 g/mol. The number of hydrogen-bond acceptors (Lipinski definition) is 0. The van der Waals surface area contributed by atoms with Crippen molar-refractivity contribution < 1.29 is 0 Å². The topological polar surface area (TPSA) is 0 Å². The van der Waals surface area contributed by atoms with E-state index in [0.717, 1.165) is 29.6 Å². The van der Waals surface area contributed by atoms with Crippen molar-refractivity contribution in [1.82, 2.24) is 0 Å². The van der Waals surface area contributed by atoms with Crippen LogP contribution in [0.15, 0.2) is 0 Å². The van der Waals surface area contributed by atoms with Crippen LogP contribution >= 0.6 is 0 Å². The summed E-state index contributed by atoms with van der Waals surface area (Å²) in [6.07, 6.45) is 25.6. The Hall–Kier alpha value is 0. The molecule has 0 bridgehead atoms. The second-order valence-electron chi connectivity index (χ2n) is 10.2. The van der Waals surface area contributed by atoms with Gasteiger partial charge in [0, 0.05) is 0 Å². The van der Waals surface area contributed by atoms with Gasteiger partial charge in [-0.3, -0.25) is 0 Å². The number of hydrogen-bond donors (Lipinski definition) is 0. The van der Waals surface area contributed by atoms with Crippen LogP contribution in [0.25, 0.3) is 0 Å². The predicted octanol–water partition coefficient (Wildman–Crippen LogP) is 8.79. The molecule has 0 heterocycles. The molecule has 0 aliphatic heterocycles. The van der Waals surface area contributed by atoms with Crippen molar-refractivity contribution in [2.45, 2.75) is 130 Å². The maximum absolute atomic E-state index is 2.50. The van der Waals surface area contributed by atoms with Crippen molar-refractivity contribution in [3.8, 4) is 0 Å². The highest BCUT2D eigenvalue weighted by atomic mass is 14.3. The van der Waals surface area contributed by atoms with Gasteiger partial charge in [-0.15, -0.1) is 0 Å². The summed E-state index contributed by atoms with van der Waals surface area (Å²) in [5, 5.41) is 0. The van der Waals surface area contributed by atoms with Crippen LogP contribution in [-0.2, 0) is 0 Å². The maximum atomic E-state index is 2.50. The highest BCUT2D eigenvalue weighted by Crippen LogP contribution is 2.38. The van der Waals surface area contributed by atoms with Gasteiger partial charge in [-0.25, -0.2) is 0 Å². The summed E-state index contributed by atoms with van der Waals surface area (Å²) < 4.78 is 0. The van der Waals surface area contributed by atoms with Crippen LogP contribution in [-0.4, -0.2) is 0 Å². The Morgan fingerprint density at radius 3 is 1.40 bits per heavy atom. The van der Waals surface area contributed by atoms with Crippen LogP contribution < -0.4 is 0 Å². The first-order valence-electron chi connectivity index (χ1n) is 12.1. The van der Waals surface area contributed by atoms with Crippen LogP contribution in [0, 0.1) is 29.6 Å². The highest BCUT2D eigenvalue weighted by Gasteiger charge is 2.26. The first-order chi connectivity index (χ1) is 12.1. The quantitative estimate of drug-likeness (QED) is 0.415. The zero-order valence-corrected chi connectivity index (χ0v) is 17.9. The second kappa shape index (κ2) is 12.4. The zero-order chi connectivity index (χ0) is 17.9. The van der Waals surface area contributed by atoms with Crippen molar-refractivity contribution in [2.24, 2.45) is 29.6 Å². The molecule has 0 aromatic carbocycles. The Kier molecular flexibility index (Phi) is 10.6. The molecule has 3 unspecified atom stereocenters. The Balaban J connectivity index is 0.000000236. The van der Waals surface area contributed by atoms with Crippen LogP contribution in [0.4, 0.5) is 0 Å². The SMILES string of the molecule is CC1CCC(C)CC(C2CCCCCC2)CC1.CC1CCCCCC1. The first kappa shape index (κ1) is 21.3. The smallest absolute Gasteiger partial charge is 0.0383 e. The largest absolute Gasteiger partial charge is 0.0625 e. The van der Waals surface area contributed by atoms with E-state index in [1.165, 1.54) is 96.3 Å². The van der Waals surface area contributed by atoms with E-state index in [0.29, 0.717) is 0 Å². The Morgan fingerprint density at radius 1 is 0.360 bits per heavy atom. The number of rotatable bonds is 1. The molecule has 0 radical (unpaired) electrons. The van der Waals surface area contributed by atoms with Gasteiger partial charge in [0.1, 0.15) is 0 Å². The van der Waals surface area contributed by atoms with Crippen molar-refractivity contribution in [1.29, 1.82) is 0 Å². The molecule has 0 aromatic rings. The molecule has 25 heavy (non-hydrogen) atoms. The second-order valence-corrected chi connectivity index (χ2v) is 10.2. The van der Waals surface area contributed by atoms with E-state index in [2.05, 4.69) is 20.8 Å². The van der Waals surface area contributed by atoms with Gasteiger partial charge in [0.25, 0.3) is 0 Å². The van der Waals surface area contributed by atoms with Gasteiger partial charge in [0.2, 0.25) is 0 Å². The normalized spacial score (nSPS) is 34.0. The molecule has 0 heteroatoms. The minimum Gasteiger partial charge on any atom is -0.0625 e. The Labute approximate surface area is 159 Å². The van der Waals surface area contributed by atoms with Crippen molar-refractivity contribution in [3.05, 3.63) is 0 Å². The lowest BCUT2D eigenvalue weighted by Crippen LogP contribution is -2.21. The van der Waals surface area contributed by atoms with E-state index < -0.39 is 0 Å². The minimum atomic E-state index is 0.992. The molecule has 0 spiro atoms. The summed E-state index contributed by atoms with van der Waals surface area (Å²) in [5.74, 6) is 5.17. The molecule has 0 saturated heterocycles. The van der Waals surface area contributed by atoms with Gasteiger partial charge in [-0.2, -0.15) is 0 Å². The lowest BCUT2D eigenvalue weighted by atomic mass is 9.74. The van der Waals surface area contributed by atoms with Crippen LogP contribution in [0.2, 0.25) is 0 Å². The fourth-order valence-electron chi connectivity index (χ4n) is 5.66. The molecule has 3 fully saturated rings. The van der Waals surface area contributed by atoms with E-state index in [-0.39, 0.29) is 0 Å². The van der Waals surface area contributed by atoms with Gasteiger partial charge in [0.05, 0.1) is 0 Å². The van der Waals surface area contributed by atoms with Crippen molar-refractivity contribution in [2.75, 3.05) is 0 Å². The summed E-state index contributed by atoms with van der Waals surface area (Å²) >= 11 is 0. The van der Waals surface area contributed by atoms with Crippen molar-refractivity contribution in [3.63, 3.8) is 0 Å². The third-order valence-electron chi connectivity index (χ3n) is 7.60. The lowest BCUT2D eigenvalue weighted by molar-refractivity contribution is 0.193. The van der Waals surface area contributed by atoms with Crippen LogP contribution in [0.1, 0.15) is 130 Å². The summed E-state index contributed by atoms with van der Waals surface area (Å²) in [4.78, 5) is 0. The van der Waals surface area contributed by atoms with Crippen LogP contribution in [0.3, 0.4) is 0 Å². The molecule has 0 aromatic heterocycles. The molecule has 0 N–H and O–H groups in total. The fourth-order valence-corrected chi connectivity index (χ4v) is 5.66. The predicted molar refractivity (Wildman–Crippen MR) is 113 cm³/mol. The average Bonchev–Trinajstić information content (AvgIpc) is 3.00. The molecule has 148 valence electrons. The third-order valence-corrected chi connectivity index (χ3v) is 7.60. The van der Waals surface area contributed by atoms with E-state index >= 15 is 0 Å². The Morgan fingerprint density at radius 2 is 0.800 bits per heavy atom. The molecule has 3 rings (SSSR count). The van der Waals surface area contributed by atoms with Gasteiger partial charge in [-0.1, -0.05) is 117 Å². The third kappa shape index (κ3) is 8.96. The average molecular weight is 349 g/mol. The van der Waals surface area contributed by atoms with E-state index in [4.69, 9.17) is 0 Å². The summed E-state index contributed by atoms with van der Waals surface area (Å²) in [5.41, 5.74) is 0. The summed E-state index contributed by atoms with van der Waals surface area (Å²) in [6.45, 7) is 7.36. The molecule has 0 amide bonds. The molecule has 3 aliphatic carbocycles. The summed E-state index contributed by atoms with van der Waals surface area (Å²) in [6, 6.07) is 0. The fraction of sp³-hybridized carbons (Fsp3) is 1.00. The monoisotopic (exact) mass is 348 g/mol. The minimum absolute atomic E-state index is 0.992. The lowest BCUT2D eigenvalue weighted by Gasteiger charge is -2.32. The first-order valence-corrected chi connectivity index (χ1v) is 12.1. The highest BCUT2D eigenvalue weighted by molar-refractivity contribution is 4.78. The maximum Gasteiger partial charge on any atom is -0.0383 e. The van der Waals surface area contributed by atoms with E-state index in [1.54, 1.807) is 12.8 Å². The van der Waals surface area contributed by atoms with Gasteiger partial charge >= 0.3 is 0 Å². The van der Waals surface area contributed by atoms with Crippen molar-refractivity contribution >= 4 is 0 Å². The standard InChI is InChI=1S/C17H32.C8H16/c1-14-9-10-15(2)13-17(12-11-14)16-7-5-3-4-6-8-16;1-8-6-4-2-3-5-7-8/h14-17H,3-13H2,1-2H3;8H,2-7H2,1H3. The molecule has 3 aliphatic rings. The van der Waals surface area contributed by atoms with E-state index in [1.807, 2.05) is 0 Å². The molecule has 0 nitrogen and oxygen atoms in total.